The molecule has 2 rings (SSSR count). The topological polar surface area (TPSA) is 63.8 Å². The van der Waals surface area contributed by atoms with Crippen molar-refractivity contribution in [1.82, 2.24) is 9.97 Å². The Morgan fingerprint density at radius 3 is 2.61 bits per heavy atom. The van der Waals surface area contributed by atoms with Crippen LogP contribution in [0.15, 0.2) is 0 Å². The van der Waals surface area contributed by atoms with Gasteiger partial charge in [0.05, 0.1) is 0 Å². The van der Waals surface area contributed by atoms with Gasteiger partial charge in [0.25, 0.3) is 0 Å². The maximum Gasteiger partial charge on any atom is 0.134 e. The third kappa shape index (κ3) is 2.55. The Labute approximate surface area is 113 Å². The van der Waals surface area contributed by atoms with Crippen molar-refractivity contribution in [2.45, 2.75) is 44.3 Å². The number of rotatable bonds is 5. The van der Waals surface area contributed by atoms with Gasteiger partial charge >= 0.3 is 0 Å². The second kappa shape index (κ2) is 5.34. The summed E-state index contributed by atoms with van der Waals surface area (Å²) >= 11 is 1.96. The van der Waals surface area contributed by atoms with Crippen LogP contribution in [0.25, 0.3) is 0 Å². The van der Waals surface area contributed by atoms with Crippen LogP contribution in [-0.2, 0) is 6.42 Å². The quantitative estimate of drug-likeness (QED) is 0.857. The number of aromatic nitrogens is 2. The van der Waals surface area contributed by atoms with Gasteiger partial charge in [-0.3, -0.25) is 0 Å². The lowest BCUT2D eigenvalue weighted by Gasteiger charge is -2.40. The van der Waals surface area contributed by atoms with Crippen LogP contribution in [0.4, 0.5) is 11.6 Å². The predicted molar refractivity (Wildman–Crippen MR) is 79.1 cm³/mol. The van der Waals surface area contributed by atoms with E-state index in [1.54, 1.807) is 0 Å². The van der Waals surface area contributed by atoms with Crippen LogP contribution >= 0.6 is 11.8 Å². The molecule has 0 unspecified atom stereocenters. The molecule has 0 amide bonds. The minimum absolute atomic E-state index is 0.401. The summed E-state index contributed by atoms with van der Waals surface area (Å²) in [5, 5.41) is 3.47. The van der Waals surface area contributed by atoms with Gasteiger partial charge in [0.15, 0.2) is 0 Å². The van der Waals surface area contributed by atoms with E-state index < -0.39 is 0 Å². The number of thioether (sulfide) groups is 1. The zero-order chi connectivity index (χ0) is 13.2. The molecule has 1 fully saturated rings. The largest absolute Gasteiger partial charge is 0.383 e. The van der Waals surface area contributed by atoms with Crippen LogP contribution in [0.3, 0.4) is 0 Å². The van der Waals surface area contributed by atoms with E-state index in [9.17, 15) is 0 Å². The fourth-order valence-electron chi connectivity index (χ4n) is 2.18. The maximum absolute atomic E-state index is 5.92. The van der Waals surface area contributed by atoms with E-state index in [2.05, 4.69) is 21.5 Å². The number of nitrogens with zero attached hydrogens (tertiary/aromatic N) is 2. The Bertz CT molecular complexity index is 424. The molecule has 3 N–H and O–H groups in total. The molecule has 0 aliphatic heterocycles. The smallest absolute Gasteiger partial charge is 0.134 e. The molecule has 100 valence electrons. The summed E-state index contributed by atoms with van der Waals surface area (Å²) in [7, 11) is 0. The summed E-state index contributed by atoms with van der Waals surface area (Å²) in [6, 6.07) is 0. The highest BCUT2D eigenvalue weighted by molar-refractivity contribution is 8.00. The van der Waals surface area contributed by atoms with Crippen molar-refractivity contribution in [1.29, 1.82) is 0 Å². The lowest BCUT2D eigenvalue weighted by Crippen LogP contribution is -2.40. The number of hydrogen-bond acceptors (Lipinski definition) is 5. The Morgan fingerprint density at radius 1 is 1.39 bits per heavy atom. The van der Waals surface area contributed by atoms with Gasteiger partial charge < -0.3 is 11.1 Å². The molecule has 0 aromatic carbocycles. The molecule has 5 heteroatoms. The van der Waals surface area contributed by atoms with Crippen molar-refractivity contribution in [2.24, 2.45) is 0 Å². The van der Waals surface area contributed by atoms with E-state index in [-0.39, 0.29) is 0 Å². The summed E-state index contributed by atoms with van der Waals surface area (Å²) in [4.78, 5) is 8.81. The summed E-state index contributed by atoms with van der Waals surface area (Å²) in [5.74, 6) is 2.31. The van der Waals surface area contributed by atoms with Gasteiger partial charge in [-0.05, 0) is 26.0 Å². The lowest BCUT2D eigenvalue weighted by molar-refractivity contribution is 0.379. The van der Waals surface area contributed by atoms with Gasteiger partial charge in [-0.2, -0.15) is 11.8 Å². The second-order valence-corrected chi connectivity index (χ2v) is 6.22. The van der Waals surface area contributed by atoms with Crippen LogP contribution < -0.4 is 11.1 Å². The summed E-state index contributed by atoms with van der Waals surface area (Å²) in [5.41, 5.74) is 6.88. The normalized spacial score (nSPS) is 17.3. The fraction of sp³-hybridized carbons (Fsp3) is 0.692. The Kier molecular flexibility index (Phi) is 4.00. The van der Waals surface area contributed by atoms with Crippen molar-refractivity contribution in [3.63, 3.8) is 0 Å². The van der Waals surface area contributed by atoms with E-state index in [1.807, 2.05) is 25.6 Å². The van der Waals surface area contributed by atoms with Crippen molar-refractivity contribution in [3.8, 4) is 0 Å². The fourth-order valence-corrected chi connectivity index (χ4v) is 3.09. The van der Waals surface area contributed by atoms with Gasteiger partial charge in [0.2, 0.25) is 0 Å². The highest BCUT2D eigenvalue weighted by atomic mass is 32.2. The predicted octanol–water partition coefficient (Wildman–Crippen LogP) is 2.63. The zero-order valence-electron chi connectivity index (χ0n) is 11.4. The summed E-state index contributed by atoms with van der Waals surface area (Å²) < 4.78 is 0.401. The average Bonchev–Trinajstić information content (AvgIpc) is 2.33. The van der Waals surface area contributed by atoms with E-state index in [1.165, 1.54) is 19.3 Å². The third-order valence-corrected chi connectivity index (χ3v) is 5.24. The summed E-state index contributed by atoms with van der Waals surface area (Å²) in [6.07, 6.45) is 6.93. The molecule has 1 aliphatic carbocycles. The Morgan fingerprint density at radius 2 is 2.11 bits per heavy atom. The van der Waals surface area contributed by atoms with Crippen LogP contribution in [0.1, 0.15) is 37.6 Å². The number of nitrogens with two attached hydrogens (primary N) is 1. The number of aryl methyl sites for hydroxylation is 1. The molecule has 0 atom stereocenters. The van der Waals surface area contributed by atoms with Gasteiger partial charge in [-0.1, -0.05) is 13.3 Å². The summed E-state index contributed by atoms with van der Waals surface area (Å²) in [6.45, 7) is 4.99. The van der Waals surface area contributed by atoms with Crippen molar-refractivity contribution in [2.75, 3.05) is 23.9 Å². The zero-order valence-corrected chi connectivity index (χ0v) is 12.2. The van der Waals surface area contributed by atoms with Crippen LogP contribution in [-0.4, -0.2) is 27.5 Å². The minimum atomic E-state index is 0.401. The molecule has 18 heavy (non-hydrogen) atoms. The van der Waals surface area contributed by atoms with Crippen LogP contribution in [0.2, 0.25) is 0 Å². The molecule has 0 bridgehead atoms. The van der Waals surface area contributed by atoms with E-state index >= 15 is 0 Å². The number of anilines is 2. The van der Waals surface area contributed by atoms with Gasteiger partial charge in [0.1, 0.15) is 17.5 Å². The van der Waals surface area contributed by atoms with Crippen molar-refractivity contribution in [3.05, 3.63) is 11.4 Å². The molecule has 1 aliphatic rings. The Hall–Kier alpha value is -0.970. The first kappa shape index (κ1) is 13.5. The molecule has 1 saturated carbocycles. The van der Waals surface area contributed by atoms with E-state index in [4.69, 9.17) is 5.73 Å². The average molecular weight is 266 g/mol. The van der Waals surface area contributed by atoms with Gasteiger partial charge in [0, 0.05) is 23.3 Å². The number of nitrogens with one attached hydrogen (secondary N) is 1. The Balaban J connectivity index is 2.11. The first-order chi connectivity index (χ1) is 8.60. The molecular weight excluding hydrogens is 244 g/mol. The minimum Gasteiger partial charge on any atom is -0.383 e. The van der Waals surface area contributed by atoms with Gasteiger partial charge in [-0.15, -0.1) is 0 Å². The van der Waals surface area contributed by atoms with Crippen LogP contribution in [0.5, 0.6) is 0 Å². The lowest BCUT2D eigenvalue weighted by atomic mass is 9.84. The SMILES string of the molecule is CCc1nc(N)c(C)c(NCC2(SC)CCC2)n1. The number of nitrogen functional groups attached to an aromatic ring is 1. The van der Waals surface area contributed by atoms with Crippen molar-refractivity contribution < 1.29 is 0 Å². The third-order valence-electron chi connectivity index (χ3n) is 3.82. The maximum atomic E-state index is 5.92. The van der Waals surface area contributed by atoms with Crippen LogP contribution in [0, 0.1) is 6.92 Å². The van der Waals surface area contributed by atoms with Crippen molar-refractivity contribution >= 4 is 23.4 Å². The second-order valence-electron chi connectivity index (χ2n) is 4.95. The molecule has 1 aromatic heterocycles. The monoisotopic (exact) mass is 266 g/mol. The number of hydrogen-bond donors (Lipinski definition) is 2. The van der Waals surface area contributed by atoms with E-state index in [0.29, 0.717) is 10.6 Å². The highest BCUT2D eigenvalue weighted by Crippen LogP contribution is 2.42. The molecule has 0 spiro atoms. The molecule has 1 aromatic rings. The molecule has 1 heterocycles. The molecule has 4 nitrogen and oxygen atoms in total. The first-order valence-electron chi connectivity index (χ1n) is 6.52. The van der Waals surface area contributed by atoms with E-state index in [0.717, 1.165) is 30.2 Å². The highest BCUT2D eigenvalue weighted by Gasteiger charge is 2.36. The first-order valence-corrected chi connectivity index (χ1v) is 7.75. The molecule has 0 radical (unpaired) electrons. The molecule has 0 saturated heterocycles. The van der Waals surface area contributed by atoms with Gasteiger partial charge in [-0.25, -0.2) is 9.97 Å². The molecular formula is C13H22N4S. The standard InChI is InChI=1S/C13H22N4S/c1-4-10-16-11(14)9(2)12(17-10)15-8-13(18-3)6-5-7-13/h4-8H2,1-3H3,(H3,14,15,16,17).